The second-order valence-electron chi connectivity index (χ2n) is 2.23. The predicted molar refractivity (Wildman–Crippen MR) is 41.3 cm³/mol. The van der Waals surface area contributed by atoms with Crippen LogP contribution in [0.25, 0.3) is 0 Å². The Hall–Kier alpha value is -1.89. The van der Waals surface area contributed by atoms with Crippen molar-refractivity contribution in [2.45, 2.75) is 0 Å². The summed E-state index contributed by atoms with van der Waals surface area (Å²) < 4.78 is 25.7. The first-order chi connectivity index (χ1) is 6.07. The molecule has 0 spiro atoms. The van der Waals surface area contributed by atoms with Crippen molar-refractivity contribution >= 4 is 5.97 Å². The highest BCUT2D eigenvalue weighted by atomic mass is 19.1. The van der Waals surface area contributed by atoms with Crippen LogP contribution in [0, 0.1) is 24.0 Å². The molecular formula is C9H4F2O2. The molecule has 0 aromatic heterocycles. The number of hydrogen-bond acceptors (Lipinski definition) is 1. The highest BCUT2D eigenvalue weighted by Gasteiger charge is 2.16. The summed E-state index contributed by atoms with van der Waals surface area (Å²) in [5.74, 6) is -1.89. The van der Waals surface area contributed by atoms with Gasteiger partial charge in [0.15, 0.2) is 5.82 Å². The van der Waals surface area contributed by atoms with Gasteiger partial charge in [0.1, 0.15) is 5.82 Å². The largest absolute Gasteiger partial charge is 0.478 e. The lowest BCUT2D eigenvalue weighted by molar-refractivity contribution is 0.0691. The molecule has 1 rings (SSSR count). The summed E-state index contributed by atoms with van der Waals surface area (Å²) in [4.78, 5) is 10.4. The Morgan fingerprint density at radius 3 is 2.54 bits per heavy atom. The van der Waals surface area contributed by atoms with Gasteiger partial charge in [-0.15, -0.1) is 6.42 Å². The molecule has 0 saturated heterocycles. The maximum absolute atomic E-state index is 13.0. The van der Waals surface area contributed by atoms with E-state index >= 15 is 0 Å². The molecule has 0 aliphatic rings. The number of carboxylic acid groups (broad SMARTS) is 1. The predicted octanol–water partition coefficient (Wildman–Crippen LogP) is 1.64. The summed E-state index contributed by atoms with van der Waals surface area (Å²) in [6, 6.07) is 1.65. The average Bonchev–Trinajstić information content (AvgIpc) is 2.04. The van der Waals surface area contributed by atoms with Crippen LogP contribution in [0.5, 0.6) is 0 Å². The second kappa shape index (κ2) is 3.23. The van der Waals surface area contributed by atoms with E-state index in [0.717, 1.165) is 12.1 Å². The molecule has 1 N–H and O–H groups in total. The Kier molecular flexibility index (Phi) is 2.29. The molecule has 0 amide bonds. The van der Waals surface area contributed by atoms with Crippen LogP contribution >= 0.6 is 0 Å². The molecule has 0 atom stereocenters. The molecule has 2 nitrogen and oxygen atoms in total. The third-order valence-corrected chi connectivity index (χ3v) is 1.47. The van der Waals surface area contributed by atoms with E-state index in [2.05, 4.69) is 0 Å². The smallest absolute Gasteiger partial charge is 0.338 e. The van der Waals surface area contributed by atoms with Gasteiger partial charge in [-0.1, -0.05) is 5.92 Å². The van der Waals surface area contributed by atoms with Crippen molar-refractivity contribution in [2.24, 2.45) is 0 Å². The van der Waals surface area contributed by atoms with E-state index < -0.39 is 28.7 Å². The monoisotopic (exact) mass is 182 g/mol. The molecule has 13 heavy (non-hydrogen) atoms. The number of rotatable bonds is 1. The topological polar surface area (TPSA) is 37.3 Å². The Balaban J connectivity index is 3.47. The van der Waals surface area contributed by atoms with Gasteiger partial charge in [-0.2, -0.15) is 0 Å². The lowest BCUT2D eigenvalue weighted by Gasteiger charge is -2.00. The zero-order chi connectivity index (χ0) is 10.0. The third kappa shape index (κ3) is 1.49. The first-order valence-electron chi connectivity index (χ1n) is 3.26. The Bertz CT molecular complexity index is 405. The lowest BCUT2D eigenvalue weighted by atomic mass is 10.1. The molecule has 0 saturated carbocycles. The van der Waals surface area contributed by atoms with Gasteiger partial charge >= 0.3 is 5.97 Å². The molecule has 0 aliphatic carbocycles. The molecule has 0 heterocycles. The fraction of sp³-hybridized carbons (Fsp3) is 0. The fourth-order valence-electron chi connectivity index (χ4n) is 0.850. The van der Waals surface area contributed by atoms with Crippen molar-refractivity contribution in [1.29, 1.82) is 0 Å². The minimum Gasteiger partial charge on any atom is -0.478 e. The Morgan fingerprint density at radius 1 is 1.46 bits per heavy atom. The molecule has 0 unspecified atom stereocenters. The van der Waals surface area contributed by atoms with Crippen LogP contribution in [-0.4, -0.2) is 11.1 Å². The van der Waals surface area contributed by atoms with Gasteiger partial charge in [0.25, 0.3) is 0 Å². The quantitative estimate of drug-likeness (QED) is 0.670. The van der Waals surface area contributed by atoms with Crippen LogP contribution in [0.15, 0.2) is 12.1 Å². The molecule has 1 aromatic rings. The average molecular weight is 182 g/mol. The molecule has 1 aromatic carbocycles. The summed E-state index contributed by atoms with van der Waals surface area (Å²) in [7, 11) is 0. The number of hydrogen-bond donors (Lipinski definition) is 1. The van der Waals surface area contributed by atoms with Crippen LogP contribution in [-0.2, 0) is 0 Å². The number of carboxylic acids is 1. The highest BCUT2D eigenvalue weighted by molar-refractivity contribution is 5.88. The van der Waals surface area contributed by atoms with Crippen molar-refractivity contribution in [3.63, 3.8) is 0 Å². The normalized spacial score (nSPS) is 9.31. The summed E-state index contributed by atoms with van der Waals surface area (Å²) in [6.07, 6.45) is 4.80. The van der Waals surface area contributed by atoms with Gasteiger partial charge in [-0.3, -0.25) is 0 Å². The third-order valence-electron chi connectivity index (χ3n) is 1.47. The SMILES string of the molecule is C#Cc1c(F)ccc(C(=O)O)c1F. The van der Waals surface area contributed by atoms with Crippen molar-refractivity contribution < 1.29 is 18.7 Å². The van der Waals surface area contributed by atoms with Crippen LogP contribution in [0.2, 0.25) is 0 Å². The van der Waals surface area contributed by atoms with E-state index in [1.165, 1.54) is 0 Å². The Labute approximate surface area is 72.8 Å². The van der Waals surface area contributed by atoms with E-state index in [0.29, 0.717) is 0 Å². The van der Waals surface area contributed by atoms with Crippen molar-refractivity contribution in [2.75, 3.05) is 0 Å². The zero-order valence-corrected chi connectivity index (χ0v) is 6.34. The minimum atomic E-state index is -1.48. The molecule has 0 radical (unpaired) electrons. The van der Waals surface area contributed by atoms with Gasteiger partial charge in [0.2, 0.25) is 0 Å². The number of aromatic carboxylic acids is 1. The van der Waals surface area contributed by atoms with Crippen molar-refractivity contribution in [3.05, 3.63) is 34.9 Å². The molecular weight excluding hydrogens is 178 g/mol. The number of benzene rings is 1. The van der Waals surface area contributed by atoms with Crippen molar-refractivity contribution in [3.8, 4) is 12.3 Å². The van der Waals surface area contributed by atoms with Gasteiger partial charge < -0.3 is 5.11 Å². The fourth-order valence-corrected chi connectivity index (χ4v) is 0.850. The summed E-state index contributed by atoms with van der Waals surface area (Å²) in [5, 5.41) is 8.45. The molecule has 0 aliphatic heterocycles. The van der Waals surface area contributed by atoms with Crippen LogP contribution in [0.3, 0.4) is 0 Å². The van der Waals surface area contributed by atoms with Crippen molar-refractivity contribution in [1.82, 2.24) is 0 Å². The molecule has 66 valence electrons. The lowest BCUT2D eigenvalue weighted by Crippen LogP contribution is -2.03. The minimum absolute atomic E-state index is 0.630. The van der Waals surface area contributed by atoms with E-state index in [1.807, 2.05) is 0 Å². The summed E-state index contributed by atoms with van der Waals surface area (Å²) >= 11 is 0. The van der Waals surface area contributed by atoms with Crippen LogP contribution in [0.1, 0.15) is 15.9 Å². The standard InChI is InChI=1S/C9H4F2O2/c1-2-5-7(10)4-3-6(8(5)11)9(12)13/h1,3-4H,(H,12,13). The summed E-state index contributed by atoms with van der Waals surface area (Å²) in [5.41, 5.74) is -1.28. The second-order valence-corrected chi connectivity index (χ2v) is 2.23. The van der Waals surface area contributed by atoms with E-state index in [-0.39, 0.29) is 0 Å². The van der Waals surface area contributed by atoms with E-state index in [4.69, 9.17) is 11.5 Å². The van der Waals surface area contributed by atoms with Gasteiger partial charge in [0, 0.05) is 0 Å². The number of carbonyl (C=O) groups is 1. The molecule has 4 heteroatoms. The first-order valence-corrected chi connectivity index (χ1v) is 3.26. The van der Waals surface area contributed by atoms with E-state index in [9.17, 15) is 13.6 Å². The van der Waals surface area contributed by atoms with Gasteiger partial charge in [-0.05, 0) is 12.1 Å². The maximum atomic E-state index is 13.0. The number of halogens is 2. The highest BCUT2D eigenvalue weighted by Crippen LogP contribution is 2.15. The maximum Gasteiger partial charge on any atom is 0.338 e. The Morgan fingerprint density at radius 2 is 2.08 bits per heavy atom. The first kappa shape index (κ1) is 9.20. The number of terminal acetylenes is 1. The van der Waals surface area contributed by atoms with Crippen LogP contribution in [0.4, 0.5) is 8.78 Å². The molecule has 0 fully saturated rings. The van der Waals surface area contributed by atoms with Gasteiger partial charge in [0.05, 0.1) is 11.1 Å². The van der Waals surface area contributed by atoms with Gasteiger partial charge in [-0.25, -0.2) is 13.6 Å². The van der Waals surface area contributed by atoms with Crippen LogP contribution < -0.4 is 0 Å². The molecule has 0 bridgehead atoms. The zero-order valence-electron chi connectivity index (χ0n) is 6.34. The van der Waals surface area contributed by atoms with E-state index in [1.54, 1.807) is 5.92 Å². The summed E-state index contributed by atoms with van der Waals surface area (Å²) in [6.45, 7) is 0.